The van der Waals surface area contributed by atoms with Crippen molar-refractivity contribution in [2.24, 2.45) is 5.92 Å². The van der Waals surface area contributed by atoms with Gasteiger partial charge < -0.3 is 4.90 Å². The van der Waals surface area contributed by atoms with Crippen LogP contribution in [0, 0.1) is 5.92 Å². The fraction of sp³-hybridized carbons (Fsp3) is 1.00. The molecular formula is C7H14B2NP. The molecule has 1 nitrogen and oxygen atoms in total. The summed E-state index contributed by atoms with van der Waals surface area (Å²) in [7, 11) is 13.9. The Kier molecular flexibility index (Phi) is 3.95. The molecule has 0 N–H and O–H groups in total. The summed E-state index contributed by atoms with van der Waals surface area (Å²) in [5.74, 6) is 0.710. The summed E-state index contributed by atoms with van der Waals surface area (Å²) in [6, 6.07) is 0.701. The van der Waals surface area contributed by atoms with Gasteiger partial charge in [-0.3, -0.25) is 0 Å². The maximum absolute atomic E-state index is 5.60. The van der Waals surface area contributed by atoms with Gasteiger partial charge in [0, 0.05) is 12.6 Å². The zero-order valence-electron chi connectivity index (χ0n) is 7.09. The van der Waals surface area contributed by atoms with Crippen LogP contribution in [0.15, 0.2) is 0 Å². The van der Waals surface area contributed by atoms with Gasteiger partial charge in [-0.1, -0.05) is 6.32 Å². The van der Waals surface area contributed by atoms with E-state index in [0.29, 0.717) is 20.4 Å². The second-order valence-corrected chi connectivity index (χ2v) is 4.16. The minimum Gasteiger partial charge on any atom is -0.303 e. The highest BCUT2D eigenvalue weighted by molar-refractivity contribution is 7.66. The third kappa shape index (κ3) is 2.49. The summed E-state index contributed by atoms with van der Waals surface area (Å²) in [6.45, 7) is 1.16. The molecule has 1 aliphatic heterocycles. The lowest BCUT2D eigenvalue weighted by Crippen LogP contribution is -2.26. The molecule has 0 amide bonds. The fourth-order valence-corrected chi connectivity index (χ4v) is 2.49. The van der Waals surface area contributed by atoms with Gasteiger partial charge in [-0.25, -0.2) is 0 Å². The Morgan fingerprint density at radius 1 is 1.64 bits per heavy atom. The van der Waals surface area contributed by atoms with Gasteiger partial charge in [0.05, 0.1) is 7.85 Å². The van der Waals surface area contributed by atoms with Crippen LogP contribution in [0.2, 0.25) is 6.32 Å². The first kappa shape index (κ1) is 9.61. The van der Waals surface area contributed by atoms with Crippen molar-refractivity contribution in [2.45, 2.75) is 18.8 Å². The molecule has 4 heteroatoms. The van der Waals surface area contributed by atoms with E-state index >= 15 is 0 Å². The second-order valence-electron chi connectivity index (χ2n) is 3.34. The van der Waals surface area contributed by atoms with Crippen LogP contribution >= 0.6 is 8.46 Å². The van der Waals surface area contributed by atoms with Crippen molar-refractivity contribution in [3.8, 4) is 0 Å². The van der Waals surface area contributed by atoms with Gasteiger partial charge in [-0.05, 0) is 25.5 Å². The van der Waals surface area contributed by atoms with E-state index in [2.05, 4.69) is 11.9 Å². The number of rotatable bonds is 3. The maximum Gasteiger partial charge on any atom is 0.104 e. The normalized spacial score (nSPS) is 33.9. The SMILES string of the molecule is [B]C[C@H]1C[C@@H](CP[B])N(C)C1. The van der Waals surface area contributed by atoms with Crippen LogP contribution in [0.5, 0.6) is 0 Å². The molecule has 3 atom stereocenters. The van der Waals surface area contributed by atoms with Gasteiger partial charge >= 0.3 is 0 Å². The first-order chi connectivity index (χ1) is 5.27. The van der Waals surface area contributed by atoms with E-state index in [9.17, 15) is 0 Å². The Morgan fingerprint density at radius 2 is 2.36 bits per heavy atom. The van der Waals surface area contributed by atoms with Gasteiger partial charge in [0.1, 0.15) is 7.57 Å². The second kappa shape index (κ2) is 4.52. The predicted molar refractivity (Wildman–Crippen MR) is 54.0 cm³/mol. The number of hydrogen-bond acceptors (Lipinski definition) is 1. The van der Waals surface area contributed by atoms with Crippen LogP contribution in [-0.2, 0) is 0 Å². The van der Waals surface area contributed by atoms with Crippen LogP contribution in [0.1, 0.15) is 6.42 Å². The van der Waals surface area contributed by atoms with E-state index in [1.165, 1.54) is 6.42 Å². The third-order valence-corrected chi connectivity index (χ3v) is 3.17. The predicted octanol–water partition coefficient (Wildman–Crippen LogP) is 0.655. The number of likely N-dealkylation sites (tertiary alicyclic amines) is 1. The van der Waals surface area contributed by atoms with Gasteiger partial charge in [0.25, 0.3) is 0 Å². The molecule has 1 fully saturated rings. The zero-order valence-corrected chi connectivity index (χ0v) is 8.09. The molecule has 1 rings (SSSR count). The Bertz CT molecular complexity index is 123. The summed E-state index contributed by atoms with van der Waals surface area (Å²) in [5.41, 5.74) is 0. The van der Waals surface area contributed by atoms with Crippen molar-refractivity contribution in [3.63, 3.8) is 0 Å². The van der Waals surface area contributed by atoms with E-state index < -0.39 is 0 Å². The van der Waals surface area contributed by atoms with Gasteiger partial charge in [0.15, 0.2) is 0 Å². The summed E-state index contributed by atoms with van der Waals surface area (Å²) in [5, 5.41) is 0. The molecule has 1 unspecified atom stereocenters. The van der Waals surface area contributed by atoms with Crippen LogP contribution in [0.3, 0.4) is 0 Å². The number of nitrogens with zero attached hydrogens (tertiary/aromatic N) is 1. The Morgan fingerprint density at radius 3 is 2.82 bits per heavy atom. The molecule has 1 aliphatic rings. The smallest absolute Gasteiger partial charge is 0.104 e. The molecule has 4 radical (unpaired) electrons. The fourth-order valence-electron chi connectivity index (χ4n) is 1.74. The van der Waals surface area contributed by atoms with Crippen molar-refractivity contribution in [2.75, 3.05) is 19.8 Å². The Balaban J connectivity index is 2.32. The first-order valence-corrected chi connectivity index (χ1v) is 5.40. The van der Waals surface area contributed by atoms with Crippen molar-refractivity contribution in [1.29, 1.82) is 0 Å². The molecule has 58 valence electrons. The highest BCUT2D eigenvalue weighted by Crippen LogP contribution is 2.26. The van der Waals surface area contributed by atoms with Gasteiger partial charge in [0.2, 0.25) is 0 Å². The Labute approximate surface area is 73.9 Å². The largest absolute Gasteiger partial charge is 0.303 e. The molecule has 11 heavy (non-hydrogen) atoms. The maximum atomic E-state index is 5.60. The minimum absolute atomic E-state index is 0.586. The van der Waals surface area contributed by atoms with E-state index in [0.717, 1.165) is 19.0 Å². The van der Waals surface area contributed by atoms with Crippen molar-refractivity contribution in [3.05, 3.63) is 0 Å². The molecule has 0 aliphatic carbocycles. The topological polar surface area (TPSA) is 3.24 Å². The van der Waals surface area contributed by atoms with E-state index in [4.69, 9.17) is 15.4 Å². The molecule has 0 bridgehead atoms. The van der Waals surface area contributed by atoms with E-state index in [1.807, 2.05) is 0 Å². The highest BCUT2D eigenvalue weighted by atomic mass is 31.1. The van der Waals surface area contributed by atoms with Crippen molar-refractivity contribution < 1.29 is 0 Å². The van der Waals surface area contributed by atoms with Crippen LogP contribution in [0.4, 0.5) is 0 Å². The summed E-state index contributed by atoms with van der Waals surface area (Å²) >= 11 is 0. The lowest BCUT2D eigenvalue weighted by Gasteiger charge is -2.17. The first-order valence-electron chi connectivity index (χ1n) is 4.11. The lowest BCUT2D eigenvalue weighted by molar-refractivity contribution is 0.330. The average Bonchev–Trinajstić information content (AvgIpc) is 2.33. The van der Waals surface area contributed by atoms with Gasteiger partial charge in [-0.15, -0.1) is 0 Å². The van der Waals surface area contributed by atoms with Crippen molar-refractivity contribution in [1.82, 2.24) is 4.90 Å². The van der Waals surface area contributed by atoms with Crippen LogP contribution in [-0.4, -0.2) is 46.1 Å². The summed E-state index contributed by atoms with van der Waals surface area (Å²) < 4.78 is 0. The number of hydrogen-bond donors (Lipinski definition) is 0. The summed E-state index contributed by atoms with van der Waals surface area (Å²) in [4.78, 5) is 2.39. The zero-order chi connectivity index (χ0) is 8.27. The molecule has 1 saturated heterocycles. The molecule has 0 saturated carbocycles. The molecule has 0 aromatic heterocycles. The lowest BCUT2D eigenvalue weighted by atomic mass is 9.90. The molecule has 1 heterocycles. The van der Waals surface area contributed by atoms with E-state index in [1.54, 1.807) is 0 Å². The average molecular weight is 165 g/mol. The molecule has 0 spiro atoms. The third-order valence-electron chi connectivity index (χ3n) is 2.46. The monoisotopic (exact) mass is 165 g/mol. The Hall–Kier alpha value is 0.520. The standard InChI is InChI=1S/C7H14B2NP/c1-10-4-6(3-8)2-7(10)5-11-9/h6-7,11H,2-5H2,1H3/t6-,7+/m1/s1. The molecular weight excluding hydrogens is 151 g/mol. The van der Waals surface area contributed by atoms with Crippen molar-refractivity contribution >= 4 is 23.9 Å². The highest BCUT2D eigenvalue weighted by Gasteiger charge is 2.26. The minimum atomic E-state index is 0.586. The molecule has 0 aromatic carbocycles. The van der Waals surface area contributed by atoms with Crippen LogP contribution < -0.4 is 0 Å². The summed E-state index contributed by atoms with van der Waals surface area (Å²) in [6.07, 6.45) is 3.22. The van der Waals surface area contributed by atoms with E-state index in [-0.39, 0.29) is 0 Å². The molecule has 0 aromatic rings. The quantitative estimate of drug-likeness (QED) is 0.438. The van der Waals surface area contributed by atoms with Crippen LogP contribution in [0.25, 0.3) is 0 Å². The van der Waals surface area contributed by atoms with Gasteiger partial charge in [-0.2, -0.15) is 8.46 Å².